The average Bonchev–Trinajstić information content (AvgIpc) is 3.45. The summed E-state index contributed by atoms with van der Waals surface area (Å²) in [6.07, 6.45) is 5.41. The van der Waals surface area contributed by atoms with Crippen LogP contribution in [0.3, 0.4) is 0 Å². The van der Waals surface area contributed by atoms with Crippen molar-refractivity contribution in [1.29, 1.82) is 0 Å². The number of thiophene rings is 1. The van der Waals surface area contributed by atoms with Crippen molar-refractivity contribution in [2.75, 3.05) is 14.2 Å². The van der Waals surface area contributed by atoms with Gasteiger partial charge in [0, 0.05) is 12.6 Å². The maximum Gasteiger partial charge on any atom is 0.333 e. The molecule has 9 heteroatoms. The Hall–Kier alpha value is -4.21. The molecule has 0 aliphatic rings. The lowest BCUT2D eigenvalue weighted by atomic mass is 10.2. The molecule has 4 aromatic rings. The third kappa shape index (κ3) is 4.02. The van der Waals surface area contributed by atoms with E-state index in [1.165, 1.54) is 15.9 Å². The van der Waals surface area contributed by atoms with Crippen LogP contribution in [0.15, 0.2) is 44.6 Å². The zero-order valence-corrected chi connectivity index (χ0v) is 19.1. The van der Waals surface area contributed by atoms with E-state index in [9.17, 15) is 9.59 Å². The minimum Gasteiger partial charge on any atom is -0.493 e. The number of aryl methyl sites for hydroxylation is 1. The highest BCUT2D eigenvalue weighted by molar-refractivity contribution is 7.07. The number of aromatic nitrogens is 4. The summed E-state index contributed by atoms with van der Waals surface area (Å²) in [5.41, 5.74) is 1.14. The van der Waals surface area contributed by atoms with E-state index in [1.807, 2.05) is 16.8 Å². The summed E-state index contributed by atoms with van der Waals surface area (Å²) < 4.78 is 14.7. The number of rotatable bonds is 5. The lowest BCUT2D eigenvalue weighted by Gasteiger charge is -2.09. The van der Waals surface area contributed by atoms with Crippen LogP contribution in [0.4, 0.5) is 0 Å². The van der Waals surface area contributed by atoms with E-state index in [4.69, 9.17) is 15.9 Å². The molecule has 0 spiro atoms. The van der Waals surface area contributed by atoms with E-state index in [0.29, 0.717) is 22.9 Å². The number of imidazole rings is 1. The summed E-state index contributed by atoms with van der Waals surface area (Å²) >= 11 is 1.52. The van der Waals surface area contributed by atoms with Crippen LogP contribution in [0.1, 0.15) is 17.0 Å². The lowest BCUT2D eigenvalue weighted by Crippen LogP contribution is -2.40. The zero-order chi connectivity index (χ0) is 23.5. The van der Waals surface area contributed by atoms with Crippen molar-refractivity contribution >= 4 is 22.5 Å². The Morgan fingerprint density at radius 3 is 2.55 bits per heavy atom. The molecule has 0 saturated carbocycles. The van der Waals surface area contributed by atoms with Crippen LogP contribution >= 0.6 is 11.3 Å². The van der Waals surface area contributed by atoms with Gasteiger partial charge in [-0.2, -0.15) is 11.3 Å². The van der Waals surface area contributed by atoms with Crippen LogP contribution in [0.25, 0.3) is 11.2 Å². The van der Waals surface area contributed by atoms with Gasteiger partial charge in [-0.05, 0) is 46.5 Å². The topological polar surface area (TPSA) is 80.3 Å². The Morgan fingerprint density at radius 1 is 1.09 bits per heavy atom. The predicted molar refractivity (Wildman–Crippen MR) is 127 cm³/mol. The van der Waals surface area contributed by atoms with Crippen LogP contribution in [0.2, 0.25) is 0 Å². The minimum absolute atomic E-state index is 0.130. The molecule has 0 amide bonds. The predicted octanol–water partition coefficient (Wildman–Crippen LogP) is 2.06. The smallest absolute Gasteiger partial charge is 0.333 e. The summed E-state index contributed by atoms with van der Waals surface area (Å²) in [4.78, 5) is 30.7. The molecule has 0 radical (unpaired) electrons. The van der Waals surface area contributed by atoms with E-state index < -0.39 is 11.2 Å². The number of nitrogens with zero attached hydrogens (tertiary/aromatic N) is 4. The number of ether oxygens (including phenoxy) is 2. The zero-order valence-electron chi connectivity index (χ0n) is 18.3. The fourth-order valence-electron chi connectivity index (χ4n) is 3.45. The van der Waals surface area contributed by atoms with Crippen molar-refractivity contribution in [3.8, 4) is 35.7 Å². The highest BCUT2D eigenvalue weighted by Crippen LogP contribution is 2.27. The fourth-order valence-corrected chi connectivity index (χ4v) is 4.11. The van der Waals surface area contributed by atoms with E-state index in [2.05, 4.69) is 22.7 Å². The SMILES string of the molecule is C#CCn1c(=O)c2c(nc(C#Cc3ccc(OC)c(OC)c3)n2C)n(Cc2ccsc2)c1=O. The number of hydrogen-bond donors (Lipinski definition) is 0. The maximum absolute atomic E-state index is 13.1. The van der Waals surface area contributed by atoms with Crippen molar-refractivity contribution in [2.45, 2.75) is 13.1 Å². The van der Waals surface area contributed by atoms with Gasteiger partial charge in [0.2, 0.25) is 0 Å². The average molecular weight is 461 g/mol. The van der Waals surface area contributed by atoms with Gasteiger partial charge in [0.15, 0.2) is 28.5 Å². The molecule has 3 aromatic heterocycles. The Morgan fingerprint density at radius 2 is 1.88 bits per heavy atom. The number of terminal acetylenes is 1. The third-order valence-corrected chi connectivity index (χ3v) is 5.85. The maximum atomic E-state index is 13.1. The summed E-state index contributed by atoms with van der Waals surface area (Å²) in [6.45, 7) is 0.137. The van der Waals surface area contributed by atoms with Crippen LogP contribution in [-0.2, 0) is 20.1 Å². The first-order valence-electron chi connectivity index (χ1n) is 9.87. The number of hydrogen-bond acceptors (Lipinski definition) is 6. The van der Waals surface area contributed by atoms with Gasteiger partial charge in [-0.15, -0.1) is 6.42 Å². The Kier molecular flexibility index (Phi) is 6.07. The van der Waals surface area contributed by atoms with Crippen molar-refractivity contribution in [3.05, 3.63) is 72.8 Å². The van der Waals surface area contributed by atoms with Gasteiger partial charge >= 0.3 is 5.69 Å². The highest BCUT2D eigenvalue weighted by atomic mass is 32.1. The van der Waals surface area contributed by atoms with Gasteiger partial charge < -0.3 is 14.0 Å². The van der Waals surface area contributed by atoms with E-state index in [0.717, 1.165) is 10.1 Å². The molecular weight excluding hydrogens is 440 g/mol. The fraction of sp³-hybridized carbons (Fsp3) is 0.208. The Bertz CT molecular complexity index is 1560. The standard InChI is InChI=1S/C24H20N4O4S/c1-5-11-27-23(29)21-22(28(24(27)30)14-17-10-12-33-15-17)25-20(26(21)2)9-7-16-6-8-18(31-3)19(13-16)32-4/h1,6,8,10,12-13,15H,11,14H2,2-4H3. The van der Waals surface area contributed by atoms with Gasteiger partial charge in [0.25, 0.3) is 5.56 Å². The van der Waals surface area contributed by atoms with Gasteiger partial charge in [0.1, 0.15) is 0 Å². The van der Waals surface area contributed by atoms with E-state index in [1.54, 1.807) is 44.0 Å². The molecule has 0 N–H and O–H groups in total. The van der Waals surface area contributed by atoms with Crippen molar-refractivity contribution < 1.29 is 9.47 Å². The van der Waals surface area contributed by atoms with Crippen molar-refractivity contribution in [3.63, 3.8) is 0 Å². The second kappa shape index (κ2) is 9.11. The van der Waals surface area contributed by atoms with Gasteiger partial charge in [-0.1, -0.05) is 11.8 Å². The number of methoxy groups -OCH3 is 2. The molecule has 1 aromatic carbocycles. The van der Waals surface area contributed by atoms with Gasteiger partial charge in [-0.3, -0.25) is 9.36 Å². The van der Waals surface area contributed by atoms with Crippen molar-refractivity contribution in [1.82, 2.24) is 18.7 Å². The molecule has 0 saturated heterocycles. The minimum atomic E-state index is -0.505. The molecule has 4 rings (SSSR count). The monoisotopic (exact) mass is 460 g/mol. The normalized spacial score (nSPS) is 10.5. The molecule has 0 fully saturated rings. The summed E-state index contributed by atoms with van der Waals surface area (Å²) in [5, 5.41) is 3.86. The first-order chi connectivity index (χ1) is 16.0. The first kappa shape index (κ1) is 22.0. The molecule has 0 bridgehead atoms. The largest absolute Gasteiger partial charge is 0.493 e. The number of benzene rings is 1. The van der Waals surface area contributed by atoms with Gasteiger partial charge in [-0.25, -0.2) is 14.3 Å². The highest BCUT2D eigenvalue weighted by Gasteiger charge is 2.19. The van der Waals surface area contributed by atoms with Crippen molar-refractivity contribution in [2.24, 2.45) is 7.05 Å². The molecule has 8 nitrogen and oxygen atoms in total. The van der Waals surface area contributed by atoms with Crippen LogP contribution in [-0.4, -0.2) is 32.9 Å². The lowest BCUT2D eigenvalue weighted by molar-refractivity contribution is 0.355. The van der Waals surface area contributed by atoms with Gasteiger partial charge in [0.05, 0.1) is 27.3 Å². The van der Waals surface area contributed by atoms with Crippen LogP contribution in [0, 0.1) is 24.2 Å². The molecule has 0 aliphatic carbocycles. The Labute approximate surface area is 193 Å². The third-order valence-electron chi connectivity index (χ3n) is 5.11. The summed E-state index contributed by atoms with van der Waals surface area (Å²) in [7, 11) is 4.80. The summed E-state index contributed by atoms with van der Waals surface area (Å²) in [5.74, 6) is 9.90. The summed E-state index contributed by atoms with van der Waals surface area (Å²) in [6, 6.07) is 7.22. The second-order valence-electron chi connectivity index (χ2n) is 7.08. The van der Waals surface area contributed by atoms with E-state index in [-0.39, 0.29) is 24.3 Å². The molecule has 33 heavy (non-hydrogen) atoms. The van der Waals surface area contributed by atoms with E-state index >= 15 is 0 Å². The van der Waals surface area contributed by atoms with Crippen LogP contribution in [0.5, 0.6) is 11.5 Å². The first-order valence-corrected chi connectivity index (χ1v) is 10.8. The quantitative estimate of drug-likeness (QED) is 0.426. The molecular formula is C24H20N4O4S. The number of fused-ring (bicyclic) bond motifs is 1. The van der Waals surface area contributed by atoms with Crippen LogP contribution < -0.4 is 20.7 Å². The molecule has 166 valence electrons. The molecule has 0 aliphatic heterocycles. The molecule has 0 atom stereocenters. The second-order valence-corrected chi connectivity index (χ2v) is 7.86. The molecule has 0 unspecified atom stereocenters. The molecule has 3 heterocycles. The Balaban J connectivity index is 1.89.